The second-order valence-corrected chi connectivity index (χ2v) is 7.84. The van der Waals surface area contributed by atoms with Crippen LogP contribution in [0.5, 0.6) is 0 Å². The second-order valence-electron chi connectivity index (χ2n) is 7.84. The largest absolute Gasteiger partial charge is 0.396 e. The van der Waals surface area contributed by atoms with Crippen LogP contribution in [0.25, 0.3) is 0 Å². The minimum atomic E-state index is 0.0780. The van der Waals surface area contributed by atoms with E-state index in [9.17, 15) is 9.90 Å². The molecule has 2 rings (SSSR count). The number of nitrogens with one attached hydrogen (secondary N) is 1. The summed E-state index contributed by atoms with van der Waals surface area (Å²) < 4.78 is 0. The highest BCUT2D eigenvalue weighted by Gasteiger charge is 2.28. The highest BCUT2D eigenvalue weighted by molar-refractivity contribution is 5.74. The molecule has 0 bridgehead atoms. The summed E-state index contributed by atoms with van der Waals surface area (Å²) in [5.74, 6) is 0.434. The van der Waals surface area contributed by atoms with Crippen molar-refractivity contribution < 1.29 is 9.90 Å². The van der Waals surface area contributed by atoms with Gasteiger partial charge in [-0.15, -0.1) is 0 Å². The maximum atomic E-state index is 12.5. The zero-order chi connectivity index (χ0) is 17.5. The molecule has 2 amide bonds. The number of piperidine rings is 1. The zero-order valence-corrected chi connectivity index (χ0v) is 15.7. The average Bonchev–Trinajstić information content (AvgIpc) is 2.60. The molecule has 1 aliphatic heterocycles. The Kier molecular flexibility index (Phi) is 7.78. The summed E-state index contributed by atoms with van der Waals surface area (Å²) in [6.45, 7) is 4.64. The Labute approximate surface area is 147 Å². The molecule has 1 saturated carbocycles. The van der Waals surface area contributed by atoms with Gasteiger partial charge in [0.2, 0.25) is 0 Å². The van der Waals surface area contributed by atoms with Crippen molar-refractivity contribution in [3.05, 3.63) is 0 Å². The third-order valence-corrected chi connectivity index (χ3v) is 5.72. The molecule has 0 aromatic carbocycles. The van der Waals surface area contributed by atoms with Crippen molar-refractivity contribution in [3.63, 3.8) is 0 Å². The molecule has 0 atom stereocenters. The number of hydrogen-bond acceptors (Lipinski definition) is 4. The molecule has 0 aromatic heterocycles. The Morgan fingerprint density at radius 3 is 2.25 bits per heavy atom. The molecule has 2 fully saturated rings. The van der Waals surface area contributed by atoms with E-state index in [1.807, 2.05) is 11.9 Å². The molecule has 140 valence electrons. The van der Waals surface area contributed by atoms with Crippen molar-refractivity contribution in [2.45, 2.75) is 50.6 Å². The maximum absolute atomic E-state index is 12.5. The van der Waals surface area contributed by atoms with Crippen LogP contribution in [-0.2, 0) is 0 Å². The number of carbonyl (C=O) groups is 1. The van der Waals surface area contributed by atoms with Crippen molar-refractivity contribution in [3.8, 4) is 0 Å². The topological polar surface area (TPSA) is 59.0 Å². The quantitative estimate of drug-likeness (QED) is 0.763. The number of aliphatic hydroxyl groups is 1. The summed E-state index contributed by atoms with van der Waals surface area (Å²) in [7, 11) is 6.14. The van der Waals surface area contributed by atoms with Gasteiger partial charge in [0.05, 0.1) is 0 Å². The fraction of sp³-hybridized carbons (Fsp3) is 0.944. The van der Waals surface area contributed by atoms with Crippen molar-refractivity contribution in [1.29, 1.82) is 0 Å². The number of hydrogen-bond donors (Lipinski definition) is 2. The van der Waals surface area contributed by atoms with Gasteiger partial charge in [0, 0.05) is 51.9 Å². The van der Waals surface area contributed by atoms with Crippen LogP contribution in [0.4, 0.5) is 4.79 Å². The van der Waals surface area contributed by atoms with Crippen LogP contribution in [0.3, 0.4) is 0 Å². The Balaban J connectivity index is 1.67. The van der Waals surface area contributed by atoms with E-state index in [2.05, 4.69) is 29.2 Å². The summed E-state index contributed by atoms with van der Waals surface area (Å²) in [5.41, 5.74) is 0. The van der Waals surface area contributed by atoms with E-state index in [0.717, 1.165) is 64.7 Å². The van der Waals surface area contributed by atoms with Crippen molar-refractivity contribution in [2.24, 2.45) is 5.92 Å². The number of likely N-dealkylation sites (tertiary alicyclic amines) is 1. The summed E-state index contributed by atoms with van der Waals surface area (Å²) in [6, 6.07) is 0.714. The van der Waals surface area contributed by atoms with Crippen LogP contribution in [0, 0.1) is 5.92 Å². The fourth-order valence-electron chi connectivity index (χ4n) is 3.80. The van der Waals surface area contributed by atoms with E-state index in [1.54, 1.807) is 0 Å². The van der Waals surface area contributed by atoms with Crippen molar-refractivity contribution in [1.82, 2.24) is 20.0 Å². The molecule has 0 aromatic rings. The third-order valence-electron chi connectivity index (χ3n) is 5.72. The van der Waals surface area contributed by atoms with Crippen molar-refractivity contribution in [2.75, 3.05) is 53.9 Å². The highest BCUT2D eigenvalue weighted by atomic mass is 16.3. The van der Waals surface area contributed by atoms with Gasteiger partial charge in [-0.1, -0.05) is 0 Å². The number of amides is 2. The monoisotopic (exact) mass is 340 g/mol. The van der Waals surface area contributed by atoms with Crippen LogP contribution in [-0.4, -0.2) is 91.8 Å². The lowest BCUT2D eigenvalue weighted by Crippen LogP contribution is -2.51. The Morgan fingerprint density at radius 2 is 1.71 bits per heavy atom. The van der Waals surface area contributed by atoms with Crippen LogP contribution >= 0.6 is 0 Å². The summed E-state index contributed by atoms with van der Waals surface area (Å²) >= 11 is 0. The smallest absolute Gasteiger partial charge is 0.317 e. The minimum Gasteiger partial charge on any atom is -0.396 e. The van der Waals surface area contributed by atoms with E-state index < -0.39 is 0 Å². The number of aliphatic hydroxyl groups excluding tert-OH is 1. The number of carbonyl (C=O) groups excluding carboxylic acids is 1. The van der Waals surface area contributed by atoms with Gasteiger partial charge in [0.25, 0.3) is 0 Å². The average molecular weight is 341 g/mol. The summed E-state index contributed by atoms with van der Waals surface area (Å²) in [5, 5.41) is 12.5. The SMILES string of the molecule is CN(C)CCN1CCC(NC(=O)N(C)C2CCC(CO)CC2)CC1. The van der Waals surface area contributed by atoms with Gasteiger partial charge in [-0.3, -0.25) is 0 Å². The van der Waals surface area contributed by atoms with E-state index in [0.29, 0.717) is 18.0 Å². The molecule has 1 saturated heterocycles. The van der Waals surface area contributed by atoms with Gasteiger partial charge in [-0.2, -0.15) is 0 Å². The standard InChI is InChI=1S/C18H36N4O2/c1-20(2)12-13-22-10-8-16(9-11-22)19-18(24)21(3)17-6-4-15(14-23)5-7-17/h15-17,23H,4-14H2,1-3H3,(H,19,24). The molecule has 0 unspecified atom stereocenters. The van der Waals surface area contributed by atoms with Crippen molar-refractivity contribution >= 4 is 6.03 Å². The van der Waals surface area contributed by atoms with E-state index in [4.69, 9.17) is 0 Å². The lowest BCUT2D eigenvalue weighted by atomic mass is 9.86. The van der Waals surface area contributed by atoms with Crippen LogP contribution < -0.4 is 5.32 Å². The Bertz CT molecular complexity index is 375. The van der Waals surface area contributed by atoms with Gasteiger partial charge in [0.15, 0.2) is 0 Å². The highest BCUT2D eigenvalue weighted by Crippen LogP contribution is 2.26. The molecule has 0 spiro atoms. The first-order valence-corrected chi connectivity index (χ1v) is 9.51. The molecule has 1 heterocycles. The zero-order valence-electron chi connectivity index (χ0n) is 15.7. The summed E-state index contributed by atoms with van der Waals surface area (Å²) in [6.07, 6.45) is 6.18. The van der Waals surface area contributed by atoms with Crippen LogP contribution in [0.2, 0.25) is 0 Å². The molecule has 6 nitrogen and oxygen atoms in total. The van der Waals surface area contributed by atoms with E-state index in [1.165, 1.54) is 0 Å². The first-order valence-electron chi connectivity index (χ1n) is 9.51. The van der Waals surface area contributed by atoms with Gasteiger partial charge >= 0.3 is 6.03 Å². The Morgan fingerprint density at radius 1 is 1.08 bits per heavy atom. The van der Waals surface area contributed by atoms with Gasteiger partial charge in [0.1, 0.15) is 0 Å². The number of likely N-dealkylation sites (N-methyl/N-ethyl adjacent to an activating group) is 1. The van der Waals surface area contributed by atoms with Gasteiger partial charge < -0.3 is 25.1 Å². The number of nitrogens with zero attached hydrogens (tertiary/aromatic N) is 3. The molecule has 24 heavy (non-hydrogen) atoms. The van der Waals surface area contributed by atoms with Gasteiger partial charge in [-0.25, -0.2) is 4.79 Å². The fourth-order valence-corrected chi connectivity index (χ4v) is 3.80. The predicted octanol–water partition coefficient (Wildman–Crippen LogP) is 1.20. The number of rotatable bonds is 6. The second kappa shape index (κ2) is 9.59. The molecule has 2 aliphatic rings. The van der Waals surface area contributed by atoms with Crippen LogP contribution in [0.1, 0.15) is 38.5 Å². The van der Waals surface area contributed by atoms with E-state index in [-0.39, 0.29) is 12.6 Å². The minimum absolute atomic E-state index is 0.0780. The normalized spacial score (nSPS) is 26.5. The lowest BCUT2D eigenvalue weighted by Gasteiger charge is -2.37. The molecular weight excluding hydrogens is 304 g/mol. The molecule has 2 N–H and O–H groups in total. The third kappa shape index (κ3) is 5.90. The van der Waals surface area contributed by atoms with Gasteiger partial charge in [-0.05, 0) is 58.5 Å². The molecular formula is C18H36N4O2. The molecule has 0 radical (unpaired) electrons. The first-order chi connectivity index (χ1) is 11.5. The molecule has 1 aliphatic carbocycles. The Hall–Kier alpha value is -0.850. The first kappa shape index (κ1) is 19.5. The lowest BCUT2D eigenvalue weighted by molar-refractivity contribution is 0.128. The summed E-state index contributed by atoms with van der Waals surface area (Å²) in [4.78, 5) is 19.1. The molecule has 6 heteroatoms. The predicted molar refractivity (Wildman–Crippen MR) is 97.1 cm³/mol. The van der Waals surface area contributed by atoms with Crippen LogP contribution in [0.15, 0.2) is 0 Å². The maximum Gasteiger partial charge on any atom is 0.317 e. The number of urea groups is 1. The van der Waals surface area contributed by atoms with E-state index >= 15 is 0 Å².